The number of rotatable bonds is 11. The molecule has 0 rings (SSSR count). The Morgan fingerprint density at radius 2 is 1.38 bits per heavy atom. The van der Waals surface area contributed by atoms with Gasteiger partial charge in [0, 0.05) is 6.61 Å². The molecule has 0 saturated heterocycles. The van der Waals surface area contributed by atoms with Crippen LogP contribution in [0.4, 0.5) is 0 Å². The zero-order valence-electron chi connectivity index (χ0n) is 18.2. The highest BCUT2D eigenvalue weighted by atomic mass is 28.4. The van der Waals surface area contributed by atoms with Crippen molar-refractivity contribution in [2.24, 2.45) is 11.8 Å². The molecule has 0 saturated carbocycles. The van der Waals surface area contributed by atoms with E-state index in [0.717, 1.165) is 19.4 Å². The minimum absolute atomic E-state index is 0.562. The monoisotopic (exact) mass is 352 g/mol. The normalized spacial score (nSPS) is 15.0. The summed E-state index contributed by atoms with van der Waals surface area (Å²) in [6.45, 7) is 28.3. The Labute approximate surface area is 154 Å². The molecule has 0 aliphatic heterocycles. The molecule has 0 unspecified atom stereocenters. The molecule has 0 heterocycles. The molecule has 24 heavy (non-hydrogen) atoms. The highest BCUT2D eigenvalue weighted by Crippen LogP contribution is 2.42. The molecule has 0 bridgehead atoms. The van der Waals surface area contributed by atoms with Crippen LogP contribution in [0.2, 0.25) is 16.6 Å². The molecule has 0 radical (unpaired) electrons. The van der Waals surface area contributed by atoms with Crippen LogP contribution < -0.4 is 0 Å². The first kappa shape index (κ1) is 23.7. The van der Waals surface area contributed by atoms with Gasteiger partial charge in [0.1, 0.15) is 0 Å². The van der Waals surface area contributed by atoms with Gasteiger partial charge >= 0.3 is 0 Å². The van der Waals surface area contributed by atoms with Gasteiger partial charge in [0.15, 0.2) is 8.32 Å². The second kappa shape index (κ2) is 10.6. The van der Waals surface area contributed by atoms with Gasteiger partial charge in [-0.2, -0.15) is 0 Å². The molecular formula is C22H44OSi. The Kier molecular flexibility index (Phi) is 10.5. The molecular weight excluding hydrogens is 308 g/mol. The zero-order chi connectivity index (χ0) is 19.1. The van der Waals surface area contributed by atoms with E-state index >= 15 is 0 Å². The van der Waals surface area contributed by atoms with Crippen molar-refractivity contribution in [2.75, 3.05) is 6.61 Å². The van der Waals surface area contributed by atoms with E-state index in [9.17, 15) is 0 Å². The molecule has 0 N–H and O–H groups in total. The Bertz CT molecular complexity index is 382. The molecule has 0 aromatic carbocycles. The van der Waals surface area contributed by atoms with Crippen LogP contribution in [0.15, 0.2) is 23.8 Å². The summed E-state index contributed by atoms with van der Waals surface area (Å²) in [5.74, 6) is 1.24. The van der Waals surface area contributed by atoms with Crippen molar-refractivity contribution in [1.82, 2.24) is 0 Å². The fourth-order valence-electron chi connectivity index (χ4n) is 4.19. The highest BCUT2D eigenvalue weighted by Gasteiger charge is 2.44. The van der Waals surface area contributed by atoms with Crippen LogP contribution in [0.1, 0.15) is 82.1 Å². The molecule has 0 fully saturated rings. The summed E-state index contributed by atoms with van der Waals surface area (Å²) < 4.78 is 6.69. The molecule has 1 atom stereocenters. The van der Waals surface area contributed by atoms with Gasteiger partial charge in [-0.3, -0.25) is 0 Å². The summed E-state index contributed by atoms with van der Waals surface area (Å²) in [4.78, 5) is 0. The molecule has 142 valence electrons. The average Bonchev–Trinajstić information content (AvgIpc) is 2.40. The van der Waals surface area contributed by atoms with E-state index in [1.165, 1.54) is 11.1 Å². The smallest absolute Gasteiger partial charge is 0.200 e. The van der Waals surface area contributed by atoms with E-state index in [1.807, 2.05) is 0 Å². The van der Waals surface area contributed by atoms with Gasteiger partial charge in [0.25, 0.3) is 0 Å². The summed E-state index contributed by atoms with van der Waals surface area (Å²) in [7, 11) is -1.72. The van der Waals surface area contributed by atoms with Crippen LogP contribution in [-0.4, -0.2) is 14.9 Å². The largest absolute Gasteiger partial charge is 0.416 e. The Hall–Kier alpha value is -0.343. The molecule has 2 heteroatoms. The lowest BCUT2D eigenvalue weighted by Gasteiger charge is -2.42. The molecule has 0 aromatic heterocycles. The second-order valence-electron chi connectivity index (χ2n) is 9.00. The maximum atomic E-state index is 6.69. The summed E-state index contributed by atoms with van der Waals surface area (Å²) in [5.41, 5.74) is 4.68. The number of hydrogen-bond acceptors (Lipinski definition) is 1. The predicted molar refractivity (Wildman–Crippen MR) is 113 cm³/mol. The first-order chi connectivity index (χ1) is 10.9. The molecule has 1 nitrogen and oxygen atoms in total. The zero-order valence-corrected chi connectivity index (χ0v) is 19.2. The molecule has 0 aromatic rings. The SMILES string of the molecule is C=C(/C=C(\C)[C@@H](C)CCO[Si](C(C)C)(C(C)C)C(C)C)CC(C)C. The minimum atomic E-state index is -1.72. The van der Waals surface area contributed by atoms with Crippen LogP contribution in [0.25, 0.3) is 0 Å². The van der Waals surface area contributed by atoms with Crippen LogP contribution in [0.3, 0.4) is 0 Å². The Balaban J connectivity index is 4.77. The van der Waals surface area contributed by atoms with Crippen LogP contribution in [-0.2, 0) is 4.43 Å². The van der Waals surface area contributed by atoms with Gasteiger partial charge in [0.2, 0.25) is 0 Å². The molecule has 0 aliphatic rings. The first-order valence-electron chi connectivity index (χ1n) is 9.94. The van der Waals surface area contributed by atoms with Gasteiger partial charge in [-0.15, -0.1) is 0 Å². The van der Waals surface area contributed by atoms with Gasteiger partial charge in [-0.25, -0.2) is 0 Å². The summed E-state index contributed by atoms with van der Waals surface area (Å²) in [5, 5.41) is 0. The standard InChI is InChI=1S/C22H44OSi/c1-16(2)14-20(9)15-22(11)21(10)12-13-23-24(17(3)4,18(5)6)19(7)8/h15-19,21H,9,12-14H2,1-8,10-11H3/b22-15+/t21-/m0/s1. The van der Waals surface area contributed by atoms with E-state index in [4.69, 9.17) is 4.43 Å². The lowest BCUT2D eigenvalue weighted by Crippen LogP contribution is -2.48. The minimum Gasteiger partial charge on any atom is -0.416 e. The summed E-state index contributed by atoms with van der Waals surface area (Å²) in [6, 6.07) is 0. The van der Waals surface area contributed by atoms with Gasteiger partial charge in [-0.05, 0) is 48.2 Å². The van der Waals surface area contributed by atoms with Gasteiger partial charge in [-0.1, -0.05) is 86.1 Å². The van der Waals surface area contributed by atoms with E-state index < -0.39 is 8.32 Å². The third-order valence-corrected chi connectivity index (χ3v) is 11.6. The summed E-state index contributed by atoms with van der Waals surface area (Å²) >= 11 is 0. The van der Waals surface area contributed by atoms with E-state index in [0.29, 0.717) is 28.5 Å². The van der Waals surface area contributed by atoms with E-state index in [1.54, 1.807) is 0 Å². The second-order valence-corrected chi connectivity index (χ2v) is 14.5. The maximum Gasteiger partial charge on any atom is 0.200 e. The van der Waals surface area contributed by atoms with Crippen molar-refractivity contribution in [3.05, 3.63) is 23.8 Å². The van der Waals surface area contributed by atoms with E-state index in [-0.39, 0.29) is 0 Å². The maximum absolute atomic E-state index is 6.69. The third kappa shape index (κ3) is 6.88. The van der Waals surface area contributed by atoms with Crippen LogP contribution in [0.5, 0.6) is 0 Å². The van der Waals surface area contributed by atoms with Gasteiger partial charge in [0.05, 0.1) is 0 Å². The van der Waals surface area contributed by atoms with E-state index in [2.05, 4.69) is 81.9 Å². The molecule has 0 spiro atoms. The fourth-order valence-corrected chi connectivity index (χ4v) is 9.66. The third-order valence-electron chi connectivity index (χ3n) is 5.49. The predicted octanol–water partition coefficient (Wildman–Crippen LogP) is 7.75. The van der Waals surface area contributed by atoms with Crippen molar-refractivity contribution in [1.29, 1.82) is 0 Å². The van der Waals surface area contributed by atoms with Crippen molar-refractivity contribution in [3.63, 3.8) is 0 Å². The Morgan fingerprint density at radius 1 is 0.917 bits per heavy atom. The topological polar surface area (TPSA) is 9.23 Å². The quantitative estimate of drug-likeness (QED) is 0.273. The van der Waals surface area contributed by atoms with Crippen molar-refractivity contribution in [2.45, 2.75) is 98.7 Å². The first-order valence-corrected chi connectivity index (χ1v) is 12.1. The van der Waals surface area contributed by atoms with Gasteiger partial charge < -0.3 is 4.43 Å². The van der Waals surface area contributed by atoms with Crippen LogP contribution in [0, 0.1) is 11.8 Å². The van der Waals surface area contributed by atoms with Crippen molar-refractivity contribution >= 4 is 8.32 Å². The lowest BCUT2D eigenvalue weighted by atomic mass is 9.95. The molecule has 0 aliphatic carbocycles. The van der Waals surface area contributed by atoms with Crippen molar-refractivity contribution in [3.8, 4) is 0 Å². The molecule has 0 amide bonds. The average molecular weight is 353 g/mol. The summed E-state index contributed by atoms with van der Waals surface area (Å²) in [6.07, 6.45) is 4.49. The highest BCUT2D eigenvalue weighted by molar-refractivity contribution is 6.77. The number of hydrogen-bond donors (Lipinski definition) is 0. The fraction of sp³-hybridized carbons (Fsp3) is 0.818. The van der Waals surface area contributed by atoms with Crippen molar-refractivity contribution < 1.29 is 4.43 Å². The van der Waals surface area contributed by atoms with Crippen LogP contribution >= 0.6 is 0 Å². The lowest BCUT2D eigenvalue weighted by molar-refractivity contribution is 0.258. The number of allylic oxidation sites excluding steroid dienone is 3. The Morgan fingerprint density at radius 3 is 1.75 bits per heavy atom.